The van der Waals surface area contributed by atoms with Gasteiger partial charge >= 0.3 is 0 Å². The van der Waals surface area contributed by atoms with Gasteiger partial charge in [-0.1, -0.05) is 19.9 Å². The molecule has 1 rings (SSSR count). The van der Waals surface area contributed by atoms with Gasteiger partial charge in [-0.05, 0) is 35.3 Å². The molecule has 0 saturated carbocycles. The van der Waals surface area contributed by atoms with Crippen LogP contribution in [-0.2, 0) is 4.79 Å². The zero-order valence-electron chi connectivity index (χ0n) is 8.77. The summed E-state index contributed by atoms with van der Waals surface area (Å²) in [6.45, 7) is 3.83. The van der Waals surface area contributed by atoms with Crippen molar-refractivity contribution in [1.29, 1.82) is 0 Å². The van der Waals surface area contributed by atoms with E-state index in [0.29, 0.717) is 11.1 Å². The molecule has 0 radical (unpaired) electrons. The van der Waals surface area contributed by atoms with E-state index in [0.717, 1.165) is 6.29 Å². The molecule has 0 aliphatic rings. The first-order valence-corrected chi connectivity index (χ1v) is 4.73. The van der Waals surface area contributed by atoms with Crippen molar-refractivity contribution in [3.63, 3.8) is 0 Å². The fraction of sp³-hybridized carbons (Fsp3) is 0.250. The summed E-state index contributed by atoms with van der Waals surface area (Å²) in [4.78, 5) is 10.7. The highest BCUT2D eigenvalue weighted by Gasteiger charge is 2.03. The van der Waals surface area contributed by atoms with Gasteiger partial charge < -0.3 is 10.2 Å². The molecule has 0 spiro atoms. The van der Waals surface area contributed by atoms with Crippen LogP contribution in [0.5, 0.6) is 11.5 Å². The number of benzene rings is 1. The first-order chi connectivity index (χ1) is 7.04. The average Bonchev–Trinajstić information content (AvgIpc) is 2.19. The Kier molecular flexibility index (Phi) is 3.50. The molecule has 1 aromatic rings. The molecule has 0 saturated heterocycles. The second-order valence-electron chi connectivity index (χ2n) is 3.67. The molecule has 0 aliphatic heterocycles. The lowest BCUT2D eigenvalue weighted by atomic mass is 10.0. The second kappa shape index (κ2) is 4.64. The molecule has 80 valence electrons. The Balaban J connectivity index is 3.07. The SMILES string of the molecule is CC(C)/C(C=O)=C/c1ccc(O)c(O)c1. The van der Waals surface area contributed by atoms with E-state index in [1.807, 2.05) is 13.8 Å². The lowest BCUT2D eigenvalue weighted by molar-refractivity contribution is -0.105. The summed E-state index contributed by atoms with van der Waals surface area (Å²) in [5, 5.41) is 18.4. The van der Waals surface area contributed by atoms with Crippen molar-refractivity contribution < 1.29 is 15.0 Å². The first-order valence-electron chi connectivity index (χ1n) is 4.73. The molecule has 0 aliphatic carbocycles. The number of aldehydes is 1. The minimum Gasteiger partial charge on any atom is -0.504 e. The number of aromatic hydroxyl groups is 2. The van der Waals surface area contributed by atoms with Crippen molar-refractivity contribution in [1.82, 2.24) is 0 Å². The molecule has 1 aromatic carbocycles. The van der Waals surface area contributed by atoms with E-state index in [1.54, 1.807) is 12.1 Å². The second-order valence-corrected chi connectivity index (χ2v) is 3.67. The van der Waals surface area contributed by atoms with Crippen LogP contribution in [0.4, 0.5) is 0 Å². The smallest absolute Gasteiger partial charge is 0.157 e. The highest BCUT2D eigenvalue weighted by molar-refractivity contribution is 5.82. The van der Waals surface area contributed by atoms with E-state index in [4.69, 9.17) is 5.11 Å². The number of carbonyl (C=O) groups is 1. The molecule has 0 unspecified atom stereocenters. The number of phenolic OH excluding ortho intramolecular Hbond substituents is 2. The van der Waals surface area contributed by atoms with Crippen LogP contribution in [0.2, 0.25) is 0 Å². The van der Waals surface area contributed by atoms with Gasteiger partial charge in [0.25, 0.3) is 0 Å². The van der Waals surface area contributed by atoms with Gasteiger partial charge in [-0.15, -0.1) is 0 Å². The van der Waals surface area contributed by atoms with E-state index in [9.17, 15) is 9.90 Å². The van der Waals surface area contributed by atoms with Crippen LogP contribution in [0.3, 0.4) is 0 Å². The minimum absolute atomic E-state index is 0.137. The molecular weight excluding hydrogens is 192 g/mol. The molecule has 3 heteroatoms. The highest BCUT2D eigenvalue weighted by atomic mass is 16.3. The van der Waals surface area contributed by atoms with Crippen molar-refractivity contribution >= 4 is 12.4 Å². The van der Waals surface area contributed by atoms with Crippen molar-refractivity contribution in [2.75, 3.05) is 0 Å². The Morgan fingerprint density at radius 3 is 2.40 bits per heavy atom. The predicted octanol–water partition coefficient (Wildman–Crippen LogP) is 2.34. The Hall–Kier alpha value is -1.77. The summed E-state index contributed by atoms with van der Waals surface area (Å²) in [5.41, 5.74) is 1.35. The Morgan fingerprint density at radius 2 is 1.93 bits per heavy atom. The Labute approximate surface area is 88.7 Å². The summed E-state index contributed by atoms with van der Waals surface area (Å²) in [7, 11) is 0. The molecule has 0 atom stereocenters. The van der Waals surface area contributed by atoms with Gasteiger partial charge in [-0.2, -0.15) is 0 Å². The summed E-state index contributed by atoms with van der Waals surface area (Å²) < 4.78 is 0. The molecule has 15 heavy (non-hydrogen) atoms. The monoisotopic (exact) mass is 206 g/mol. The van der Waals surface area contributed by atoms with Crippen LogP contribution in [0.15, 0.2) is 23.8 Å². The summed E-state index contributed by atoms with van der Waals surface area (Å²) in [6, 6.07) is 4.45. The van der Waals surface area contributed by atoms with Crippen LogP contribution in [0, 0.1) is 5.92 Å². The van der Waals surface area contributed by atoms with E-state index in [1.165, 1.54) is 12.1 Å². The van der Waals surface area contributed by atoms with Gasteiger partial charge in [0.2, 0.25) is 0 Å². The maximum Gasteiger partial charge on any atom is 0.157 e. The normalized spacial score (nSPS) is 11.8. The number of hydrogen-bond donors (Lipinski definition) is 2. The fourth-order valence-corrected chi connectivity index (χ4v) is 1.16. The maximum atomic E-state index is 10.7. The van der Waals surface area contributed by atoms with Gasteiger partial charge in [0.05, 0.1) is 0 Å². The van der Waals surface area contributed by atoms with Crippen molar-refractivity contribution in [2.45, 2.75) is 13.8 Å². The third-order valence-electron chi connectivity index (χ3n) is 2.14. The number of phenols is 2. The van der Waals surface area contributed by atoms with Crippen LogP contribution >= 0.6 is 0 Å². The quantitative estimate of drug-likeness (QED) is 0.453. The van der Waals surface area contributed by atoms with Gasteiger partial charge in [-0.25, -0.2) is 0 Å². The van der Waals surface area contributed by atoms with E-state index in [-0.39, 0.29) is 17.4 Å². The van der Waals surface area contributed by atoms with Crippen LogP contribution < -0.4 is 0 Å². The minimum atomic E-state index is -0.183. The summed E-state index contributed by atoms with van der Waals surface area (Å²) in [6.07, 6.45) is 2.49. The van der Waals surface area contributed by atoms with E-state index < -0.39 is 0 Å². The number of allylic oxidation sites excluding steroid dienone is 1. The molecule has 0 aromatic heterocycles. The van der Waals surface area contributed by atoms with Gasteiger partial charge in [0.1, 0.15) is 6.29 Å². The largest absolute Gasteiger partial charge is 0.504 e. The Morgan fingerprint density at radius 1 is 1.27 bits per heavy atom. The average molecular weight is 206 g/mol. The zero-order chi connectivity index (χ0) is 11.4. The van der Waals surface area contributed by atoms with Crippen molar-refractivity contribution in [3.05, 3.63) is 29.3 Å². The molecule has 2 N–H and O–H groups in total. The van der Waals surface area contributed by atoms with E-state index >= 15 is 0 Å². The Bertz CT molecular complexity index is 392. The molecule has 3 nitrogen and oxygen atoms in total. The summed E-state index contributed by atoms with van der Waals surface area (Å²) >= 11 is 0. The van der Waals surface area contributed by atoms with Crippen LogP contribution in [0.1, 0.15) is 19.4 Å². The molecule has 0 bridgehead atoms. The molecule has 0 heterocycles. The van der Waals surface area contributed by atoms with Gasteiger partial charge in [-0.3, -0.25) is 4.79 Å². The van der Waals surface area contributed by atoms with E-state index in [2.05, 4.69) is 0 Å². The van der Waals surface area contributed by atoms with Crippen LogP contribution in [0.25, 0.3) is 6.08 Å². The molecule has 0 fully saturated rings. The first kappa shape index (κ1) is 11.3. The van der Waals surface area contributed by atoms with Crippen molar-refractivity contribution in [2.24, 2.45) is 5.92 Å². The number of carbonyl (C=O) groups excluding carboxylic acids is 1. The number of hydrogen-bond acceptors (Lipinski definition) is 3. The summed E-state index contributed by atoms with van der Waals surface area (Å²) in [5.74, 6) is -0.208. The zero-order valence-corrected chi connectivity index (χ0v) is 8.77. The molecule has 0 amide bonds. The van der Waals surface area contributed by atoms with Crippen molar-refractivity contribution in [3.8, 4) is 11.5 Å². The topological polar surface area (TPSA) is 57.5 Å². The lowest BCUT2D eigenvalue weighted by Crippen LogP contribution is -1.94. The maximum absolute atomic E-state index is 10.7. The van der Waals surface area contributed by atoms with Crippen LogP contribution in [-0.4, -0.2) is 16.5 Å². The van der Waals surface area contributed by atoms with Gasteiger partial charge in [0.15, 0.2) is 11.5 Å². The fourth-order valence-electron chi connectivity index (χ4n) is 1.16. The third-order valence-corrected chi connectivity index (χ3v) is 2.14. The number of rotatable bonds is 3. The predicted molar refractivity (Wildman–Crippen MR) is 58.7 cm³/mol. The lowest BCUT2D eigenvalue weighted by Gasteiger charge is -2.04. The van der Waals surface area contributed by atoms with Gasteiger partial charge in [0, 0.05) is 0 Å². The highest BCUT2D eigenvalue weighted by Crippen LogP contribution is 2.26. The standard InChI is InChI=1S/C12H14O3/c1-8(2)10(7-13)5-9-3-4-11(14)12(15)6-9/h3-8,14-15H,1-2H3/b10-5+. The molecular formula is C12H14O3. The third kappa shape index (κ3) is 2.84.